The molecule has 0 aliphatic heterocycles. The van der Waals surface area contributed by atoms with Crippen molar-refractivity contribution in [3.8, 4) is 0 Å². The predicted molar refractivity (Wildman–Crippen MR) is 70.7 cm³/mol. The summed E-state index contributed by atoms with van der Waals surface area (Å²) in [5.74, 6) is 0.0878. The molecule has 0 spiro atoms. The van der Waals surface area contributed by atoms with Crippen LogP contribution in [0.1, 0.15) is 15.9 Å². The Bertz CT molecular complexity index is 554. The second-order valence-corrected chi connectivity index (χ2v) is 3.81. The van der Waals surface area contributed by atoms with E-state index in [4.69, 9.17) is 0 Å². The highest BCUT2D eigenvalue weighted by Gasteiger charge is 2.08. The zero-order chi connectivity index (χ0) is 13.0. The Hall–Kier alpha value is -2.43. The van der Waals surface area contributed by atoms with Crippen LogP contribution >= 0.6 is 0 Å². The molecule has 1 heterocycles. The van der Waals surface area contributed by atoms with E-state index >= 15 is 0 Å². The molecule has 2 N–H and O–H groups in total. The average molecular weight is 242 g/mol. The summed E-state index contributed by atoms with van der Waals surface area (Å²) in [5, 5.41) is 5.70. The van der Waals surface area contributed by atoms with Gasteiger partial charge >= 0.3 is 0 Å². The van der Waals surface area contributed by atoms with Crippen molar-refractivity contribution in [1.29, 1.82) is 0 Å². The average Bonchev–Trinajstić information content (AvgIpc) is 2.39. The van der Waals surface area contributed by atoms with Crippen LogP contribution in [-0.2, 0) is 0 Å². The minimum atomic E-state index is -0.216. The van der Waals surface area contributed by atoms with Crippen molar-refractivity contribution in [2.45, 2.75) is 6.92 Å². The lowest BCUT2D eigenvalue weighted by Crippen LogP contribution is -2.14. The summed E-state index contributed by atoms with van der Waals surface area (Å²) >= 11 is 0. The largest absolute Gasteiger partial charge is 0.388 e. The first-order chi connectivity index (χ1) is 8.70. The molecule has 0 saturated heterocycles. The molecule has 1 aromatic carbocycles. The first-order valence-electron chi connectivity index (χ1n) is 5.57. The Morgan fingerprint density at radius 3 is 2.56 bits per heavy atom. The van der Waals surface area contributed by atoms with Crippen molar-refractivity contribution in [3.05, 3.63) is 47.8 Å². The molecule has 5 nitrogen and oxygen atoms in total. The van der Waals surface area contributed by atoms with E-state index in [1.54, 1.807) is 24.5 Å². The van der Waals surface area contributed by atoms with Crippen LogP contribution < -0.4 is 10.6 Å². The van der Waals surface area contributed by atoms with Crippen LogP contribution in [0.4, 0.5) is 11.6 Å². The highest BCUT2D eigenvalue weighted by molar-refractivity contribution is 6.03. The van der Waals surface area contributed by atoms with Gasteiger partial charge in [0, 0.05) is 30.7 Å². The maximum Gasteiger partial charge on any atom is 0.258 e. The Morgan fingerprint density at radius 1 is 1.22 bits per heavy atom. The fraction of sp³-hybridized carbons (Fsp3) is 0.154. The Kier molecular flexibility index (Phi) is 3.52. The summed E-state index contributed by atoms with van der Waals surface area (Å²) in [6, 6.07) is 7.15. The van der Waals surface area contributed by atoms with E-state index in [1.165, 1.54) is 0 Å². The molecule has 92 valence electrons. The number of hydrogen-bond donors (Lipinski definition) is 2. The van der Waals surface area contributed by atoms with E-state index in [-0.39, 0.29) is 5.91 Å². The van der Waals surface area contributed by atoms with E-state index < -0.39 is 0 Å². The molecule has 1 aromatic heterocycles. The minimum Gasteiger partial charge on any atom is -0.388 e. The molecule has 0 unspecified atom stereocenters. The summed E-state index contributed by atoms with van der Waals surface area (Å²) in [6.07, 6.45) is 3.16. The molecule has 18 heavy (non-hydrogen) atoms. The lowest BCUT2D eigenvalue weighted by Gasteiger charge is -2.07. The number of hydrogen-bond acceptors (Lipinski definition) is 4. The quantitative estimate of drug-likeness (QED) is 0.864. The number of carbonyl (C=O) groups is 1. The van der Waals surface area contributed by atoms with Crippen molar-refractivity contribution >= 4 is 17.5 Å². The summed E-state index contributed by atoms with van der Waals surface area (Å²) in [6.45, 7) is 1.95. The van der Waals surface area contributed by atoms with E-state index in [1.807, 2.05) is 26.1 Å². The van der Waals surface area contributed by atoms with Gasteiger partial charge in [0.1, 0.15) is 0 Å². The molecule has 0 bridgehead atoms. The summed E-state index contributed by atoms with van der Waals surface area (Å²) in [7, 11) is 1.85. The van der Waals surface area contributed by atoms with Crippen molar-refractivity contribution in [1.82, 2.24) is 9.97 Å². The SMILES string of the molecule is CNc1ccc(C(=O)Nc2ncccn2)cc1C. The van der Waals surface area contributed by atoms with Crippen molar-refractivity contribution in [2.75, 3.05) is 17.7 Å². The molecule has 0 fully saturated rings. The number of nitrogens with zero attached hydrogens (tertiary/aromatic N) is 2. The van der Waals surface area contributed by atoms with Crippen LogP contribution in [-0.4, -0.2) is 22.9 Å². The van der Waals surface area contributed by atoms with Crippen molar-refractivity contribution < 1.29 is 4.79 Å². The third kappa shape index (κ3) is 2.63. The molecular formula is C13H14N4O. The van der Waals surface area contributed by atoms with Gasteiger partial charge in [-0.1, -0.05) is 0 Å². The maximum atomic E-state index is 12.0. The van der Waals surface area contributed by atoms with Gasteiger partial charge in [0.2, 0.25) is 5.95 Å². The van der Waals surface area contributed by atoms with E-state index in [2.05, 4.69) is 20.6 Å². The summed E-state index contributed by atoms with van der Waals surface area (Å²) in [4.78, 5) is 19.8. The number of anilines is 2. The zero-order valence-electron chi connectivity index (χ0n) is 10.3. The van der Waals surface area contributed by atoms with Crippen LogP contribution in [0.3, 0.4) is 0 Å². The number of aromatic nitrogens is 2. The van der Waals surface area contributed by atoms with Gasteiger partial charge in [0.25, 0.3) is 5.91 Å². The van der Waals surface area contributed by atoms with Gasteiger partial charge in [-0.15, -0.1) is 0 Å². The molecule has 2 rings (SSSR count). The van der Waals surface area contributed by atoms with Crippen LogP contribution in [0, 0.1) is 6.92 Å². The number of rotatable bonds is 3. The normalized spacial score (nSPS) is 9.89. The van der Waals surface area contributed by atoms with Crippen LogP contribution in [0.2, 0.25) is 0 Å². The highest BCUT2D eigenvalue weighted by atomic mass is 16.1. The second-order valence-electron chi connectivity index (χ2n) is 3.81. The second kappa shape index (κ2) is 5.27. The van der Waals surface area contributed by atoms with Gasteiger partial charge in [-0.05, 0) is 36.8 Å². The van der Waals surface area contributed by atoms with Gasteiger partial charge in [-0.3, -0.25) is 10.1 Å². The van der Waals surface area contributed by atoms with Crippen LogP contribution in [0.15, 0.2) is 36.7 Å². The number of carbonyl (C=O) groups excluding carboxylic acids is 1. The van der Waals surface area contributed by atoms with Gasteiger partial charge < -0.3 is 5.32 Å². The molecule has 0 aliphatic carbocycles. The molecule has 2 aromatic rings. The smallest absolute Gasteiger partial charge is 0.258 e. The van der Waals surface area contributed by atoms with Gasteiger partial charge in [-0.2, -0.15) is 0 Å². The summed E-state index contributed by atoms with van der Waals surface area (Å²) < 4.78 is 0. The maximum absolute atomic E-state index is 12.0. The monoisotopic (exact) mass is 242 g/mol. The molecule has 0 saturated carbocycles. The first kappa shape index (κ1) is 12.0. The lowest BCUT2D eigenvalue weighted by atomic mass is 10.1. The lowest BCUT2D eigenvalue weighted by molar-refractivity contribution is 0.102. The van der Waals surface area contributed by atoms with Gasteiger partial charge in [0.15, 0.2) is 0 Å². The topological polar surface area (TPSA) is 66.9 Å². The van der Waals surface area contributed by atoms with Crippen molar-refractivity contribution in [2.24, 2.45) is 0 Å². The molecular weight excluding hydrogens is 228 g/mol. The third-order valence-corrected chi connectivity index (χ3v) is 2.55. The molecule has 1 amide bonds. The molecule has 0 radical (unpaired) electrons. The third-order valence-electron chi connectivity index (χ3n) is 2.55. The number of nitrogens with one attached hydrogen (secondary N) is 2. The highest BCUT2D eigenvalue weighted by Crippen LogP contribution is 2.16. The molecule has 5 heteroatoms. The Balaban J connectivity index is 2.17. The Labute approximate surface area is 105 Å². The first-order valence-corrected chi connectivity index (χ1v) is 5.57. The van der Waals surface area contributed by atoms with E-state index in [9.17, 15) is 4.79 Å². The number of benzene rings is 1. The minimum absolute atomic E-state index is 0.216. The van der Waals surface area contributed by atoms with E-state index in [0.29, 0.717) is 11.5 Å². The van der Waals surface area contributed by atoms with Crippen LogP contribution in [0.5, 0.6) is 0 Å². The fourth-order valence-electron chi connectivity index (χ4n) is 1.62. The molecule has 0 atom stereocenters. The van der Waals surface area contributed by atoms with Gasteiger partial charge in [-0.25, -0.2) is 9.97 Å². The predicted octanol–water partition coefficient (Wildman–Crippen LogP) is 2.08. The zero-order valence-corrected chi connectivity index (χ0v) is 10.3. The van der Waals surface area contributed by atoms with Crippen LogP contribution in [0.25, 0.3) is 0 Å². The number of amides is 1. The van der Waals surface area contributed by atoms with Crippen molar-refractivity contribution in [3.63, 3.8) is 0 Å². The van der Waals surface area contributed by atoms with E-state index in [0.717, 1.165) is 11.3 Å². The van der Waals surface area contributed by atoms with Gasteiger partial charge in [0.05, 0.1) is 0 Å². The fourth-order valence-corrected chi connectivity index (χ4v) is 1.62. The summed E-state index contributed by atoms with van der Waals surface area (Å²) in [5.41, 5.74) is 2.60. The Morgan fingerprint density at radius 2 is 1.94 bits per heavy atom. The number of aryl methyl sites for hydroxylation is 1. The standard InChI is InChI=1S/C13H14N4O/c1-9-8-10(4-5-11(9)14-2)12(18)17-13-15-6-3-7-16-13/h3-8,14H,1-2H3,(H,15,16,17,18). The molecule has 0 aliphatic rings.